The Morgan fingerprint density at radius 3 is 2.83 bits per heavy atom. The number of nitrogens with zero attached hydrogens (tertiary/aromatic N) is 1. The monoisotopic (exact) mass is 421 g/mol. The van der Waals surface area contributed by atoms with E-state index in [1.165, 1.54) is 23.5 Å². The van der Waals surface area contributed by atoms with E-state index in [0.29, 0.717) is 34.4 Å². The van der Waals surface area contributed by atoms with E-state index in [-0.39, 0.29) is 17.1 Å². The van der Waals surface area contributed by atoms with Crippen LogP contribution >= 0.6 is 11.3 Å². The van der Waals surface area contributed by atoms with Crippen molar-refractivity contribution in [3.8, 4) is 0 Å². The summed E-state index contributed by atoms with van der Waals surface area (Å²) in [6.45, 7) is 5.04. The Morgan fingerprint density at radius 1 is 1.41 bits per heavy atom. The van der Waals surface area contributed by atoms with Gasteiger partial charge in [0.15, 0.2) is 0 Å². The highest BCUT2D eigenvalue weighted by Gasteiger charge is 2.30. The third-order valence-corrected chi connectivity index (χ3v) is 5.24. The van der Waals surface area contributed by atoms with E-state index in [1.54, 1.807) is 18.5 Å². The zero-order valence-corrected chi connectivity index (χ0v) is 16.3. The van der Waals surface area contributed by atoms with Gasteiger partial charge in [-0.15, -0.1) is 11.3 Å². The van der Waals surface area contributed by atoms with Crippen molar-refractivity contribution in [2.45, 2.75) is 32.4 Å². The maximum absolute atomic E-state index is 12.9. The molecule has 0 saturated carbocycles. The first-order valence-corrected chi connectivity index (χ1v) is 9.66. The van der Waals surface area contributed by atoms with Gasteiger partial charge in [-0.3, -0.25) is 9.59 Å². The summed E-state index contributed by atoms with van der Waals surface area (Å²) in [6, 6.07) is 1.73. The topological polar surface area (TPSA) is 71.1 Å². The molecule has 2 amide bonds. The SMILES string of the molecule is C=C/C(CC(F)(F)F)=C(\C=C/C)C(=O)Nc1cc2c(c3ncsc13)NC(=O)CC2. The van der Waals surface area contributed by atoms with Crippen LogP contribution in [0.5, 0.6) is 0 Å². The van der Waals surface area contributed by atoms with Crippen LogP contribution in [0.25, 0.3) is 10.2 Å². The number of allylic oxidation sites excluding steroid dienone is 3. The molecule has 1 aromatic carbocycles. The number of thiazole rings is 1. The van der Waals surface area contributed by atoms with Crippen molar-refractivity contribution in [2.75, 3.05) is 10.6 Å². The fourth-order valence-corrected chi connectivity index (χ4v) is 3.90. The van der Waals surface area contributed by atoms with Gasteiger partial charge in [-0.05, 0) is 30.5 Å². The van der Waals surface area contributed by atoms with E-state index in [2.05, 4.69) is 22.2 Å². The molecule has 0 bridgehead atoms. The Morgan fingerprint density at radius 2 is 2.17 bits per heavy atom. The van der Waals surface area contributed by atoms with Crippen molar-refractivity contribution in [2.24, 2.45) is 0 Å². The Kier molecular flexibility index (Phi) is 5.88. The van der Waals surface area contributed by atoms with E-state index < -0.39 is 18.5 Å². The molecule has 2 heterocycles. The lowest BCUT2D eigenvalue weighted by Gasteiger charge is -2.19. The van der Waals surface area contributed by atoms with E-state index >= 15 is 0 Å². The van der Waals surface area contributed by atoms with Crippen LogP contribution in [-0.4, -0.2) is 23.0 Å². The summed E-state index contributed by atoms with van der Waals surface area (Å²) in [4.78, 5) is 28.8. The van der Waals surface area contributed by atoms with Gasteiger partial charge >= 0.3 is 6.18 Å². The minimum Gasteiger partial charge on any atom is -0.324 e. The van der Waals surface area contributed by atoms with Gasteiger partial charge in [0.25, 0.3) is 5.91 Å². The number of aryl methyl sites for hydroxylation is 1. The smallest absolute Gasteiger partial charge is 0.324 e. The van der Waals surface area contributed by atoms with Gasteiger partial charge in [-0.2, -0.15) is 13.2 Å². The third kappa shape index (κ3) is 4.56. The number of fused-ring (bicyclic) bond motifs is 3. The first-order chi connectivity index (χ1) is 13.7. The van der Waals surface area contributed by atoms with Gasteiger partial charge in [0.1, 0.15) is 5.52 Å². The fourth-order valence-electron chi connectivity index (χ4n) is 3.14. The van der Waals surface area contributed by atoms with Crippen molar-refractivity contribution in [1.82, 2.24) is 4.98 Å². The first kappa shape index (κ1) is 20.8. The highest BCUT2D eigenvalue weighted by Crippen LogP contribution is 2.38. The van der Waals surface area contributed by atoms with Crippen LogP contribution in [0.2, 0.25) is 0 Å². The molecule has 0 saturated heterocycles. The lowest BCUT2D eigenvalue weighted by molar-refractivity contribution is -0.126. The van der Waals surface area contributed by atoms with Crippen molar-refractivity contribution < 1.29 is 22.8 Å². The Bertz CT molecular complexity index is 1050. The molecule has 0 aliphatic carbocycles. The number of anilines is 2. The van der Waals surface area contributed by atoms with Crippen molar-refractivity contribution in [3.05, 3.63) is 53.1 Å². The lowest BCUT2D eigenvalue weighted by Crippen LogP contribution is -2.21. The van der Waals surface area contributed by atoms with Crippen LogP contribution in [-0.2, 0) is 16.0 Å². The molecule has 0 atom stereocenters. The summed E-state index contributed by atoms with van der Waals surface area (Å²) in [7, 11) is 0. The maximum atomic E-state index is 12.9. The zero-order valence-electron chi connectivity index (χ0n) is 15.5. The fraction of sp³-hybridized carbons (Fsp3) is 0.250. The van der Waals surface area contributed by atoms with Gasteiger partial charge in [0, 0.05) is 12.0 Å². The predicted octanol–water partition coefficient (Wildman–Crippen LogP) is 5.13. The summed E-state index contributed by atoms with van der Waals surface area (Å²) >= 11 is 1.27. The number of carbonyl (C=O) groups excluding carboxylic acids is 2. The van der Waals surface area contributed by atoms with Crippen LogP contribution in [0.15, 0.2) is 47.5 Å². The van der Waals surface area contributed by atoms with Crippen LogP contribution in [0.4, 0.5) is 24.5 Å². The number of benzene rings is 1. The molecular formula is C20H18F3N3O2S. The normalized spacial score (nSPS) is 15.1. The largest absolute Gasteiger partial charge is 0.393 e. The zero-order chi connectivity index (χ0) is 21.2. The number of hydrogen-bond acceptors (Lipinski definition) is 4. The second-order valence-corrected chi connectivity index (χ2v) is 7.28. The molecule has 0 radical (unpaired) electrons. The van der Waals surface area contributed by atoms with Crippen LogP contribution in [0, 0.1) is 0 Å². The molecule has 9 heteroatoms. The average molecular weight is 421 g/mol. The number of carbonyl (C=O) groups is 2. The van der Waals surface area contributed by atoms with Crippen molar-refractivity contribution >= 4 is 44.7 Å². The number of amides is 2. The summed E-state index contributed by atoms with van der Waals surface area (Å²) in [6.07, 6.45) is -1.04. The van der Waals surface area contributed by atoms with Crippen LogP contribution < -0.4 is 10.6 Å². The molecule has 3 rings (SSSR count). The van der Waals surface area contributed by atoms with Gasteiger partial charge in [0.05, 0.1) is 28.0 Å². The number of aromatic nitrogens is 1. The van der Waals surface area contributed by atoms with Gasteiger partial charge < -0.3 is 10.6 Å². The van der Waals surface area contributed by atoms with Crippen molar-refractivity contribution in [1.29, 1.82) is 0 Å². The number of rotatable bonds is 5. The summed E-state index contributed by atoms with van der Waals surface area (Å²) < 4.78 is 39.3. The molecule has 5 nitrogen and oxygen atoms in total. The maximum Gasteiger partial charge on any atom is 0.393 e. The second-order valence-electron chi connectivity index (χ2n) is 6.43. The number of halogens is 3. The molecule has 0 spiro atoms. The van der Waals surface area contributed by atoms with Crippen LogP contribution in [0.1, 0.15) is 25.3 Å². The molecule has 2 N–H and O–H groups in total. The third-order valence-electron chi connectivity index (χ3n) is 4.38. The highest BCUT2D eigenvalue weighted by molar-refractivity contribution is 7.17. The molecule has 1 aliphatic heterocycles. The molecular weight excluding hydrogens is 403 g/mol. The second kappa shape index (κ2) is 8.20. The molecule has 0 unspecified atom stereocenters. The first-order valence-electron chi connectivity index (χ1n) is 8.78. The van der Waals surface area contributed by atoms with E-state index in [9.17, 15) is 22.8 Å². The van der Waals surface area contributed by atoms with Gasteiger partial charge in [-0.25, -0.2) is 4.98 Å². The minimum atomic E-state index is -4.47. The van der Waals surface area contributed by atoms with Gasteiger partial charge in [-0.1, -0.05) is 24.8 Å². The Hall–Kier alpha value is -2.94. The summed E-state index contributed by atoms with van der Waals surface area (Å²) in [5.74, 6) is -0.776. The van der Waals surface area contributed by atoms with E-state index in [0.717, 1.165) is 11.6 Å². The number of alkyl halides is 3. The molecule has 2 aromatic rings. The number of hydrogen-bond donors (Lipinski definition) is 2. The minimum absolute atomic E-state index is 0.107. The summed E-state index contributed by atoms with van der Waals surface area (Å²) in [5.41, 5.74) is 3.69. The standard InChI is InChI=1S/C20H18F3N3O2S/c1-3-5-13(11(4-2)9-20(21,22)23)19(28)25-14-8-12-6-7-15(27)26-16(12)17-18(14)29-10-24-17/h3-5,8,10H,2,6-7,9H2,1H3,(H,25,28)(H,26,27)/b5-3-,13-11-. The molecule has 1 aliphatic rings. The summed E-state index contributed by atoms with van der Waals surface area (Å²) in [5, 5.41) is 5.51. The lowest BCUT2D eigenvalue weighted by atomic mass is 10.0. The average Bonchev–Trinajstić information content (AvgIpc) is 3.14. The molecule has 152 valence electrons. The van der Waals surface area contributed by atoms with Crippen molar-refractivity contribution in [3.63, 3.8) is 0 Å². The molecule has 29 heavy (non-hydrogen) atoms. The number of nitrogens with one attached hydrogen (secondary N) is 2. The molecule has 1 aromatic heterocycles. The highest BCUT2D eigenvalue weighted by atomic mass is 32.1. The van der Waals surface area contributed by atoms with Crippen LogP contribution in [0.3, 0.4) is 0 Å². The van der Waals surface area contributed by atoms with Gasteiger partial charge in [0.2, 0.25) is 5.91 Å². The Labute approximate surface area is 169 Å². The van der Waals surface area contributed by atoms with E-state index in [4.69, 9.17) is 0 Å². The quantitative estimate of drug-likeness (QED) is 0.519. The predicted molar refractivity (Wildman–Crippen MR) is 108 cm³/mol. The molecule has 0 fully saturated rings. The Balaban J connectivity index is 2.02. The van der Waals surface area contributed by atoms with E-state index in [1.807, 2.05) is 0 Å².